The van der Waals surface area contributed by atoms with E-state index in [0.717, 1.165) is 18.4 Å². The highest BCUT2D eigenvalue weighted by molar-refractivity contribution is 5.82. The van der Waals surface area contributed by atoms with Crippen LogP contribution in [0.15, 0.2) is 34.9 Å². The molecule has 0 aromatic carbocycles. The first-order valence-electron chi connectivity index (χ1n) is 8.47. The fourth-order valence-corrected chi connectivity index (χ4v) is 3.64. The smallest absolute Gasteiger partial charge is 0.330 e. The molecule has 2 nitrogen and oxygen atoms in total. The Kier molecular flexibility index (Phi) is 5.31. The second-order valence-electron chi connectivity index (χ2n) is 7.61. The van der Waals surface area contributed by atoms with Gasteiger partial charge in [0.15, 0.2) is 0 Å². The van der Waals surface area contributed by atoms with Crippen LogP contribution >= 0.6 is 0 Å². The van der Waals surface area contributed by atoms with Crippen LogP contribution in [0, 0.1) is 17.3 Å². The van der Waals surface area contributed by atoms with E-state index in [1.807, 2.05) is 13.8 Å². The summed E-state index contributed by atoms with van der Waals surface area (Å²) < 4.78 is 5.52. The first kappa shape index (κ1) is 17.1. The molecule has 0 radical (unpaired) electrons. The van der Waals surface area contributed by atoms with Crippen molar-refractivity contribution in [2.75, 3.05) is 6.61 Å². The van der Waals surface area contributed by atoms with Crippen LogP contribution in [0.5, 0.6) is 0 Å². The quantitative estimate of drug-likeness (QED) is 0.406. The van der Waals surface area contributed by atoms with Crippen LogP contribution in [-0.2, 0) is 9.53 Å². The Labute approximate surface area is 135 Å². The van der Waals surface area contributed by atoms with Crippen molar-refractivity contribution in [1.82, 2.24) is 0 Å². The number of carbonyl (C=O) groups excluding carboxylic acids is 1. The lowest BCUT2D eigenvalue weighted by Gasteiger charge is -2.12. The van der Waals surface area contributed by atoms with Gasteiger partial charge in [0.05, 0.1) is 6.61 Å². The van der Waals surface area contributed by atoms with E-state index in [9.17, 15) is 4.79 Å². The average Bonchev–Trinajstić information content (AvgIpc) is 2.97. The summed E-state index contributed by atoms with van der Waals surface area (Å²) in [6, 6.07) is 0. The number of fused-ring (bicyclic) bond motifs is 1. The van der Waals surface area contributed by atoms with Crippen molar-refractivity contribution in [3.8, 4) is 0 Å². The summed E-state index contributed by atoms with van der Waals surface area (Å²) in [5, 5.41) is 0. The summed E-state index contributed by atoms with van der Waals surface area (Å²) in [7, 11) is 0. The fourth-order valence-electron chi connectivity index (χ4n) is 3.64. The summed E-state index contributed by atoms with van der Waals surface area (Å²) in [5.41, 5.74) is 4.09. The number of hydrogen-bond donors (Lipinski definition) is 0. The van der Waals surface area contributed by atoms with Crippen molar-refractivity contribution in [3.63, 3.8) is 0 Å². The largest absolute Gasteiger partial charge is 0.462 e. The van der Waals surface area contributed by atoms with Crippen molar-refractivity contribution in [1.29, 1.82) is 0 Å². The lowest BCUT2D eigenvalue weighted by molar-refractivity contribution is -0.139. The average molecular weight is 302 g/mol. The van der Waals surface area contributed by atoms with Crippen molar-refractivity contribution in [2.45, 2.75) is 60.3 Å². The van der Waals surface area contributed by atoms with Gasteiger partial charge in [0.25, 0.3) is 0 Å². The highest BCUT2D eigenvalue weighted by atomic mass is 16.5. The van der Waals surface area contributed by atoms with Gasteiger partial charge in [0, 0.05) is 11.5 Å². The Bertz CT molecular complexity index is 520. The molecule has 2 aliphatic rings. The molecule has 2 heteroatoms. The van der Waals surface area contributed by atoms with Crippen LogP contribution in [0.25, 0.3) is 0 Å². The molecule has 0 aliphatic heterocycles. The number of esters is 1. The van der Waals surface area contributed by atoms with Crippen LogP contribution in [0.1, 0.15) is 60.3 Å². The highest BCUT2D eigenvalue weighted by Crippen LogP contribution is 2.62. The molecule has 0 N–H and O–H groups in total. The monoisotopic (exact) mass is 302 g/mol. The van der Waals surface area contributed by atoms with E-state index in [0.29, 0.717) is 18.4 Å². The third-order valence-corrected chi connectivity index (χ3v) is 5.21. The van der Waals surface area contributed by atoms with Crippen molar-refractivity contribution >= 4 is 5.97 Å². The Balaban J connectivity index is 2.03. The van der Waals surface area contributed by atoms with Gasteiger partial charge in [-0.1, -0.05) is 35.8 Å². The van der Waals surface area contributed by atoms with Crippen molar-refractivity contribution < 1.29 is 9.53 Å². The zero-order valence-corrected chi connectivity index (χ0v) is 14.7. The molecule has 0 amide bonds. The number of allylic oxidation sites excluding steroid dienone is 5. The van der Waals surface area contributed by atoms with E-state index in [-0.39, 0.29) is 11.4 Å². The minimum Gasteiger partial charge on any atom is -0.462 e. The second kappa shape index (κ2) is 6.85. The zero-order chi connectivity index (χ0) is 16.3. The zero-order valence-electron chi connectivity index (χ0n) is 14.7. The number of rotatable bonds is 3. The lowest BCUT2D eigenvalue weighted by atomic mass is 10.0. The van der Waals surface area contributed by atoms with Crippen molar-refractivity contribution in [3.05, 3.63) is 34.9 Å². The van der Waals surface area contributed by atoms with Crippen LogP contribution in [-0.4, -0.2) is 12.6 Å². The van der Waals surface area contributed by atoms with Gasteiger partial charge >= 0.3 is 5.97 Å². The van der Waals surface area contributed by atoms with Gasteiger partial charge in [-0.15, -0.1) is 0 Å². The van der Waals surface area contributed by atoms with Crippen LogP contribution in [0.2, 0.25) is 0 Å². The molecule has 0 saturated heterocycles. The molecule has 0 unspecified atom stereocenters. The molecule has 2 aliphatic carbocycles. The molecule has 0 heterocycles. The van der Waals surface area contributed by atoms with E-state index >= 15 is 0 Å². The van der Waals surface area contributed by atoms with Gasteiger partial charge in [-0.2, -0.15) is 0 Å². The summed E-state index contributed by atoms with van der Waals surface area (Å²) in [4.78, 5) is 11.8. The molecule has 0 aromatic heterocycles. The van der Waals surface area contributed by atoms with Crippen molar-refractivity contribution in [2.24, 2.45) is 17.3 Å². The maximum absolute atomic E-state index is 11.8. The molecule has 22 heavy (non-hydrogen) atoms. The predicted octanol–water partition coefficient (Wildman–Crippen LogP) is 5.21. The molecule has 3 atom stereocenters. The fraction of sp³-hybridized carbons (Fsp3) is 0.650. The SMILES string of the molecule is CC(C)=CC(=O)OC[C@]1(C)[C@@H]2CC/C(C)=C/CC/C(C)=C/[C@@H]21. The Morgan fingerprint density at radius 3 is 2.73 bits per heavy atom. The standard InChI is InChI=1S/C20H30O2/c1-14(2)11-19(21)22-13-20(5)17-10-9-15(3)7-6-8-16(4)12-18(17)20/h7,11-12,17-18H,6,8-10,13H2,1-5H3/b15-7+,16-12+/t17-,18+,20-/m1/s1. The van der Waals surface area contributed by atoms with E-state index in [1.54, 1.807) is 6.08 Å². The summed E-state index contributed by atoms with van der Waals surface area (Å²) in [6.45, 7) is 11.1. The van der Waals surface area contributed by atoms with Gasteiger partial charge in [-0.25, -0.2) is 4.79 Å². The summed E-state index contributed by atoms with van der Waals surface area (Å²) in [6.07, 6.45) is 11.1. The molecular weight excluding hydrogens is 272 g/mol. The first-order valence-corrected chi connectivity index (χ1v) is 8.47. The summed E-state index contributed by atoms with van der Waals surface area (Å²) >= 11 is 0. The van der Waals surface area contributed by atoms with Crippen LogP contribution in [0.3, 0.4) is 0 Å². The molecule has 0 aromatic rings. The molecule has 0 spiro atoms. The third kappa shape index (κ3) is 4.12. The van der Waals surface area contributed by atoms with Crippen LogP contribution in [0.4, 0.5) is 0 Å². The molecule has 0 bridgehead atoms. The molecule has 1 fully saturated rings. The maximum Gasteiger partial charge on any atom is 0.330 e. The normalized spacial score (nSPS) is 36.0. The molecule has 2 rings (SSSR count). The van der Waals surface area contributed by atoms with Gasteiger partial charge in [-0.3, -0.25) is 0 Å². The van der Waals surface area contributed by atoms with E-state index in [1.165, 1.54) is 24.0 Å². The lowest BCUT2D eigenvalue weighted by Crippen LogP contribution is -2.14. The second-order valence-corrected chi connectivity index (χ2v) is 7.61. The molecular formula is C20H30O2. The first-order chi connectivity index (χ1) is 10.3. The predicted molar refractivity (Wildman–Crippen MR) is 91.5 cm³/mol. The molecule has 1 saturated carbocycles. The number of carbonyl (C=O) groups is 1. The van der Waals surface area contributed by atoms with E-state index < -0.39 is 0 Å². The third-order valence-electron chi connectivity index (χ3n) is 5.21. The number of hydrogen-bond acceptors (Lipinski definition) is 2. The molecule has 122 valence electrons. The minimum atomic E-state index is -0.202. The number of ether oxygens (including phenoxy) is 1. The van der Waals surface area contributed by atoms with E-state index in [4.69, 9.17) is 4.74 Å². The van der Waals surface area contributed by atoms with Gasteiger partial charge in [0.2, 0.25) is 0 Å². The van der Waals surface area contributed by atoms with Crippen LogP contribution < -0.4 is 0 Å². The summed E-state index contributed by atoms with van der Waals surface area (Å²) in [5.74, 6) is 1.01. The van der Waals surface area contributed by atoms with Gasteiger partial charge in [0.1, 0.15) is 0 Å². The van der Waals surface area contributed by atoms with Gasteiger partial charge in [-0.05, 0) is 65.2 Å². The highest BCUT2D eigenvalue weighted by Gasteiger charge is 2.59. The maximum atomic E-state index is 11.8. The minimum absolute atomic E-state index is 0.122. The Hall–Kier alpha value is -1.31. The van der Waals surface area contributed by atoms with Gasteiger partial charge < -0.3 is 4.74 Å². The Morgan fingerprint density at radius 1 is 1.32 bits per heavy atom. The Morgan fingerprint density at radius 2 is 2.05 bits per heavy atom. The van der Waals surface area contributed by atoms with E-state index in [2.05, 4.69) is 32.9 Å². The topological polar surface area (TPSA) is 26.3 Å².